The summed E-state index contributed by atoms with van der Waals surface area (Å²) in [4.78, 5) is 28.2. The smallest absolute Gasteiger partial charge is 0.410 e. The summed E-state index contributed by atoms with van der Waals surface area (Å²) in [6, 6.07) is 0.0239. The molecule has 189 valence electrons. The number of anilines is 1. The molecule has 1 saturated heterocycles. The Morgan fingerprint density at radius 1 is 1.39 bits per heavy atom. The minimum atomic E-state index is -0.895. The minimum absolute atomic E-state index is 0.0239. The maximum Gasteiger partial charge on any atom is 0.410 e. The van der Waals surface area contributed by atoms with Crippen LogP contribution in [-0.2, 0) is 11.3 Å². The zero-order chi connectivity index (χ0) is 26.7. The number of carbonyl (C=O) groups excluding carboxylic acids is 1. The van der Waals surface area contributed by atoms with Crippen molar-refractivity contribution in [1.82, 2.24) is 29.5 Å². The molecule has 4 rings (SSSR count). The van der Waals surface area contributed by atoms with Gasteiger partial charge in [-0.15, -0.1) is 16.4 Å². The highest BCUT2D eigenvalue weighted by atomic mass is 32.1. The number of nitrogens with one attached hydrogen (secondary N) is 1. The summed E-state index contributed by atoms with van der Waals surface area (Å²) in [5.41, 5.74) is 0.191. The average Bonchev–Trinajstić information content (AvgIpc) is 3.47. The van der Waals surface area contributed by atoms with Gasteiger partial charge in [-0.25, -0.2) is 19.3 Å². The Labute approximate surface area is 217 Å². The molecule has 0 aliphatic carbocycles. The molecule has 2 N–H and O–H groups in total. The Balaban J connectivity index is 1.55. The second-order valence-corrected chi connectivity index (χ2v) is 10.9. The van der Waals surface area contributed by atoms with E-state index in [1.54, 1.807) is 11.1 Å². The van der Waals surface area contributed by atoms with Crippen molar-refractivity contribution in [2.45, 2.75) is 58.8 Å². The number of hydrogen-bond acceptors (Lipinski definition) is 10. The zero-order valence-electron chi connectivity index (χ0n) is 21.9. The number of ether oxygens (including phenoxy) is 2. The number of fused-ring (bicyclic) bond motifs is 1. The van der Waals surface area contributed by atoms with Crippen molar-refractivity contribution in [3.05, 3.63) is 28.0 Å². The second-order valence-electron chi connectivity index (χ2n) is 9.62. The number of thiazole rings is 1. The summed E-state index contributed by atoms with van der Waals surface area (Å²) >= 11 is 1.51. The van der Waals surface area contributed by atoms with Gasteiger partial charge in [-0.05, 0) is 52.9 Å². The molecule has 1 aliphatic rings. The minimum Gasteiger partial charge on any atom is -0.455 e. The van der Waals surface area contributed by atoms with Gasteiger partial charge in [0.1, 0.15) is 23.3 Å². The molecule has 1 fully saturated rings. The third kappa shape index (κ3) is 6.28. The monoisotopic (exact) mass is 511 g/mol. The molecule has 0 bridgehead atoms. The number of carbonyl (C=O) groups is 1. The van der Waals surface area contributed by atoms with E-state index in [9.17, 15) is 9.90 Å². The number of aryl methyl sites for hydroxylation is 1. The van der Waals surface area contributed by atoms with Crippen LogP contribution in [0, 0.1) is 12.8 Å². The number of imidazole rings is 1. The second kappa shape index (κ2) is 11.0. The molecule has 11 nitrogen and oxygen atoms in total. The first-order valence-electron chi connectivity index (χ1n) is 12.3. The van der Waals surface area contributed by atoms with Crippen molar-refractivity contribution >= 4 is 43.8 Å². The summed E-state index contributed by atoms with van der Waals surface area (Å²) in [7, 11) is 6.87. The van der Waals surface area contributed by atoms with Gasteiger partial charge in [0, 0.05) is 31.9 Å². The number of rotatable bonds is 8. The lowest BCUT2D eigenvalue weighted by atomic mass is 9.56. The Morgan fingerprint density at radius 3 is 2.78 bits per heavy atom. The van der Waals surface area contributed by atoms with Gasteiger partial charge in [-0.1, -0.05) is 0 Å². The highest BCUT2D eigenvalue weighted by Gasteiger charge is 2.32. The number of aromatic nitrogens is 5. The largest absolute Gasteiger partial charge is 0.455 e. The highest BCUT2D eigenvalue weighted by Crippen LogP contribution is 2.32. The highest BCUT2D eigenvalue weighted by molar-refractivity contribution is 7.11. The molecule has 1 amide bonds. The molecular weight excluding hydrogens is 480 g/mol. The first kappa shape index (κ1) is 24.8. The van der Waals surface area contributed by atoms with Crippen molar-refractivity contribution in [2.75, 3.05) is 24.8 Å². The number of nitrogens with zero attached hydrogens (tertiary/aromatic N) is 6. The van der Waals surface area contributed by atoms with Crippen LogP contribution >= 0.6 is 11.3 Å². The van der Waals surface area contributed by atoms with Gasteiger partial charge in [-0.3, -0.25) is 0 Å². The van der Waals surface area contributed by atoms with Gasteiger partial charge in [0.25, 0.3) is 0 Å². The van der Waals surface area contributed by atoms with Crippen molar-refractivity contribution in [3.8, 4) is 6.01 Å². The van der Waals surface area contributed by atoms with Gasteiger partial charge in [0.2, 0.25) is 0 Å². The van der Waals surface area contributed by atoms with Crippen LogP contribution in [0.15, 0.2) is 12.4 Å². The molecular formula is C22H30B2N7O4S. The number of piperidine rings is 1. The molecule has 3 aromatic rings. The number of aliphatic hydroxyl groups is 1. The van der Waals surface area contributed by atoms with E-state index in [1.807, 2.05) is 27.7 Å². The number of hydrogen-bond donors (Lipinski definition) is 2. The van der Waals surface area contributed by atoms with Crippen LogP contribution in [0.3, 0.4) is 0 Å². The molecule has 1 atom stereocenters. The maximum atomic E-state index is 12.4. The first-order valence-corrected chi connectivity index (χ1v) is 12.6. The molecule has 3 aromatic heterocycles. The molecule has 1 aliphatic heterocycles. The standard InChI is InChI=1S/C22H30B2N7O4S/c1-13-9-25-16(36-13)11-34-20-28-18(27-12-24-23)19-26-10-15(31(19)29-20)17(32)14-5-7-30(8-6-14)21(33)35-22(2,3)4/h9-10,14,17,32H,5-8,11-12H2,1-4H3,(H,27,28,29)/i/hD. The SMILES string of the molecule is [2H]N(C[B][B])c1nc(OCc2ncc(C)s2)nn2c(C(O)C3CCN(C(=O)OC(C)(C)C)CC3)cnc12. The molecule has 0 aromatic carbocycles. The Bertz CT molecular complexity index is 1230. The van der Waals surface area contributed by atoms with E-state index in [4.69, 9.17) is 18.6 Å². The summed E-state index contributed by atoms with van der Waals surface area (Å²) < 4.78 is 21.1. The molecule has 14 heteroatoms. The van der Waals surface area contributed by atoms with Gasteiger partial charge in [-0.2, -0.15) is 4.98 Å². The number of likely N-dealkylation sites (tertiary alicyclic amines) is 1. The van der Waals surface area contributed by atoms with Crippen LogP contribution in [0.25, 0.3) is 5.65 Å². The first-order chi connectivity index (χ1) is 17.6. The van der Waals surface area contributed by atoms with E-state index in [0.29, 0.717) is 37.3 Å². The third-order valence-corrected chi connectivity index (χ3v) is 6.52. The van der Waals surface area contributed by atoms with Crippen molar-refractivity contribution in [1.29, 1.82) is 0 Å². The van der Waals surface area contributed by atoms with E-state index < -0.39 is 11.7 Å². The normalized spacial score (nSPS) is 16.0. The van der Waals surface area contributed by atoms with E-state index in [1.165, 1.54) is 29.2 Å². The van der Waals surface area contributed by atoms with Crippen molar-refractivity contribution in [2.24, 2.45) is 5.92 Å². The van der Waals surface area contributed by atoms with E-state index in [0.717, 1.165) is 15.2 Å². The van der Waals surface area contributed by atoms with Crippen LogP contribution < -0.4 is 10.0 Å². The predicted molar refractivity (Wildman–Crippen MR) is 137 cm³/mol. The van der Waals surface area contributed by atoms with Crippen molar-refractivity contribution in [3.63, 3.8) is 0 Å². The molecule has 0 saturated carbocycles. The molecule has 0 spiro atoms. The molecule has 4 heterocycles. The quantitative estimate of drug-likeness (QED) is 0.438. The van der Waals surface area contributed by atoms with E-state index in [-0.39, 0.29) is 36.9 Å². The number of aliphatic hydroxyl groups excluding tert-OH is 1. The summed E-state index contributed by atoms with van der Waals surface area (Å²) in [6.45, 7) is 8.58. The lowest BCUT2D eigenvalue weighted by Gasteiger charge is -2.35. The van der Waals surface area contributed by atoms with Gasteiger partial charge in [0.05, 0.1) is 19.1 Å². The Hall–Kier alpha value is -2.86. The van der Waals surface area contributed by atoms with Gasteiger partial charge < -0.3 is 24.8 Å². The summed E-state index contributed by atoms with van der Waals surface area (Å²) in [5.74, 6) is 0.0735. The van der Waals surface area contributed by atoms with Gasteiger partial charge >= 0.3 is 12.1 Å². The van der Waals surface area contributed by atoms with Crippen LogP contribution in [0.1, 0.15) is 55.3 Å². The molecule has 3 radical (unpaired) electrons. The predicted octanol–water partition coefficient (Wildman–Crippen LogP) is 2.31. The topological polar surface area (TPSA) is 127 Å². The maximum absolute atomic E-state index is 12.4. The third-order valence-electron chi connectivity index (χ3n) is 5.63. The van der Waals surface area contributed by atoms with E-state index >= 15 is 0 Å². The van der Waals surface area contributed by atoms with Crippen LogP contribution in [0.4, 0.5) is 10.6 Å². The van der Waals surface area contributed by atoms with Gasteiger partial charge in [0.15, 0.2) is 12.9 Å². The van der Waals surface area contributed by atoms with E-state index in [2.05, 4.69) is 20.1 Å². The summed E-state index contributed by atoms with van der Waals surface area (Å²) in [5, 5.41) is 17.6. The van der Waals surface area contributed by atoms with Crippen LogP contribution in [-0.4, -0.2) is 80.7 Å². The lowest BCUT2D eigenvalue weighted by molar-refractivity contribution is 0.00687. The Kier molecular flexibility index (Phi) is 7.61. The fourth-order valence-corrected chi connectivity index (χ4v) is 4.63. The molecule has 36 heavy (non-hydrogen) atoms. The average molecular weight is 511 g/mol. The Morgan fingerprint density at radius 2 is 2.14 bits per heavy atom. The molecule has 1 unspecified atom stereocenters. The fourth-order valence-electron chi connectivity index (χ4n) is 3.93. The zero-order valence-corrected chi connectivity index (χ0v) is 21.7. The van der Waals surface area contributed by atoms with Crippen molar-refractivity contribution < 1.29 is 20.8 Å². The summed E-state index contributed by atoms with van der Waals surface area (Å²) in [6.07, 6.45) is 3.33. The number of amides is 1. The van der Waals surface area contributed by atoms with Crippen LogP contribution in [0.2, 0.25) is 1.41 Å². The fraction of sp³-hybridized carbons (Fsp3) is 0.591. The lowest BCUT2D eigenvalue weighted by Crippen LogP contribution is -2.42. The van der Waals surface area contributed by atoms with Crippen LogP contribution in [0.5, 0.6) is 6.01 Å².